The Labute approximate surface area is 213 Å². The fourth-order valence-corrected chi connectivity index (χ4v) is 5.22. The van der Waals surface area contributed by atoms with E-state index >= 15 is 0 Å². The first kappa shape index (κ1) is 22.4. The number of fused-ring (bicyclic) bond motifs is 1. The second-order valence-corrected chi connectivity index (χ2v) is 9.24. The molecule has 3 unspecified atom stereocenters. The highest BCUT2D eigenvalue weighted by Gasteiger charge is 2.64. The lowest BCUT2D eigenvalue weighted by Crippen LogP contribution is -2.54. The van der Waals surface area contributed by atoms with Crippen molar-refractivity contribution in [3.63, 3.8) is 0 Å². The van der Waals surface area contributed by atoms with E-state index in [1.54, 1.807) is 25.3 Å². The lowest BCUT2D eigenvalue weighted by atomic mass is 9.68. The van der Waals surface area contributed by atoms with Crippen LogP contribution in [-0.2, 0) is 4.84 Å². The fourth-order valence-electron chi connectivity index (χ4n) is 5.09. The Bertz CT molecular complexity index is 1450. The maximum absolute atomic E-state index is 14.4. The van der Waals surface area contributed by atoms with Gasteiger partial charge in [-0.25, -0.2) is 0 Å². The summed E-state index contributed by atoms with van der Waals surface area (Å²) in [5.41, 5.74) is 2.14. The summed E-state index contributed by atoms with van der Waals surface area (Å²) in [6, 6.07) is 32.0. The van der Waals surface area contributed by atoms with Crippen LogP contribution in [0.25, 0.3) is 0 Å². The molecule has 0 bridgehead atoms. The van der Waals surface area contributed by atoms with Crippen LogP contribution in [0.2, 0.25) is 5.02 Å². The summed E-state index contributed by atoms with van der Waals surface area (Å²) >= 11 is 6.17. The summed E-state index contributed by atoms with van der Waals surface area (Å²) in [6.45, 7) is 0. The maximum atomic E-state index is 14.4. The van der Waals surface area contributed by atoms with E-state index in [1.165, 1.54) is 0 Å². The van der Waals surface area contributed by atoms with Crippen molar-refractivity contribution < 1.29 is 19.1 Å². The Kier molecular flexibility index (Phi) is 5.50. The highest BCUT2D eigenvalue weighted by Crippen LogP contribution is 2.54. The summed E-state index contributed by atoms with van der Waals surface area (Å²) in [5.74, 6) is 0.509. The third-order valence-electron chi connectivity index (χ3n) is 6.81. The third kappa shape index (κ3) is 3.47. The average Bonchev–Trinajstić information content (AvgIpc) is 3.32. The first-order chi connectivity index (χ1) is 17.6. The molecule has 3 atom stereocenters. The van der Waals surface area contributed by atoms with Crippen LogP contribution in [0.3, 0.4) is 0 Å². The number of hydrogen-bond acceptors (Lipinski definition) is 5. The molecule has 0 N–H and O–H groups in total. The molecule has 1 spiro atoms. The van der Waals surface area contributed by atoms with E-state index < -0.39 is 17.6 Å². The Balaban J connectivity index is 1.59. The zero-order chi connectivity index (χ0) is 24.7. The molecule has 0 saturated heterocycles. The molecule has 36 heavy (non-hydrogen) atoms. The largest absolute Gasteiger partial charge is 0.497 e. The molecule has 6 rings (SSSR count). The molecule has 0 radical (unpaired) electrons. The van der Waals surface area contributed by atoms with Crippen molar-refractivity contribution >= 4 is 23.1 Å². The van der Waals surface area contributed by atoms with E-state index in [4.69, 9.17) is 25.9 Å². The number of ketones is 1. The Morgan fingerprint density at radius 2 is 1.53 bits per heavy atom. The number of ether oxygens (including phenoxy) is 2. The van der Waals surface area contributed by atoms with Crippen LogP contribution in [0.15, 0.2) is 108 Å². The van der Waals surface area contributed by atoms with Crippen LogP contribution in [0.1, 0.15) is 39.1 Å². The molecular formula is C30H22ClNO4. The van der Waals surface area contributed by atoms with Crippen LogP contribution in [0, 0.1) is 0 Å². The number of hydrogen-bond donors (Lipinski definition) is 0. The number of nitrogens with zero attached hydrogens (tertiary/aromatic N) is 1. The second kappa shape index (κ2) is 8.85. The Morgan fingerprint density at radius 1 is 0.833 bits per heavy atom. The van der Waals surface area contributed by atoms with E-state index in [9.17, 15) is 4.79 Å². The van der Waals surface area contributed by atoms with E-state index in [0.717, 1.165) is 16.7 Å². The number of halogens is 1. The van der Waals surface area contributed by atoms with Gasteiger partial charge in [-0.3, -0.25) is 4.79 Å². The second-order valence-electron chi connectivity index (χ2n) is 8.81. The van der Waals surface area contributed by atoms with Crippen LogP contribution >= 0.6 is 11.6 Å². The average molecular weight is 496 g/mol. The standard InChI is InChI=1S/C30H22ClNO4/c1-34-23-17-13-19(14-18-23)26-27(20-11-15-22(31)16-12-20)32-36-30(26)28(33)24-9-5-6-10-25(24)35-29(30)21-7-3-2-4-8-21/h2-18,26,29H,1H3. The van der Waals surface area contributed by atoms with Gasteiger partial charge >= 0.3 is 0 Å². The summed E-state index contributed by atoms with van der Waals surface area (Å²) in [6.07, 6.45) is -0.734. The molecule has 2 aliphatic rings. The van der Waals surface area contributed by atoms with E-state index in [0.29, 0.717) is 27.8 Å². The molecule has 4 aromatic rings. The third-order valence-corrected chi connectivity index (χ3v) is 7.06. The van der Waals surface area contributed by atoms with Gasteiger partial charge in [-0.15, -0.1) is 0 Å². The number of oxime groups is 1. The molecule has 6 heteroatoms. The minimum absolute atomic E-state index is 0.174. The zero-order valence-corrected chi connectivity index (χ0v) is 20.2. The molecular weight excluding hydrogens is 474 g/mol. The van der Waals surface area contributed by atoms with Gasteiger partial charge in [0, 0.05) is 10.6 Å². The molecule has 4 aromatic carbocycles. The predicted molar refractivity (Wildman–Crippen MR) is 138 cm³/mol. The smallest absolute Gasteiger partial charge is 0.252 e. The molecule has 0 aromatic heterocycles. The van der Waals surface area contributed by atoms with Gasteiger partial charge < -0.3 is 14.3 Å². The van der Waals surface area contributed by atoms with Crippen LogP contribution in [0.4, 0.5) is 0 Å². The van der Waals surface area contributed by atoms with Crippen molar-refractivity contribution in [3.05, 3.63) is 130 Å². The SMILES string of the molecule is COc1ccc(C2C(c3ccc(Cl)cc3)=NOC23C(=O)c2ccccc2OC3c2ccccc2)cc1. The highest BCUT2D eigenvalue weighted by atomic mass is 35.5. The first-order valence-electron chi connectivity index (χ1n) is 11.6. The maximum Gasteiger partial charge on any atom is 0.252 e. The molecule has 0 saturated carbocycles. The van der Waals surface area contributed by atoms with Gasteiger partial charge in [-0.2, -0.15) is 0 Å². The summed E-state index contributed by atoms with van der Waals surface area (Å²) in [5, 5.41) is 5.17. The van der Waals surface area contributed by atoms with Gasteiger partial charge in [-0.05, 0) is 47.5 Å². The minimum atomic E-state index is -1.46. The van der Waals surface area contributed by atoms with E-state index in [2.05, 4.69) is 5.16 Å². The first-order valence-corrected chi connectivity index (χ1v) is 12.0. The van der Waals surface area contributed by atoms with Crippen LogP contribution in [-0.4, -0.2) is 24.2 Å². The molecule has 0 aliphatic carbocycles. The van der Waals surface area contributed by atoms with Gasteiger partial charge in [0.2, 0.25) is 5.78 Å². The highest BCUT2D eigenvalue weighted by molar-refractivity contribution is 6.30. The lowest BCUT2D eigenvalue weighted by molar-refractivity contribution is -0.0852. The number of carbonyl (C=O) groups excluding carboxylic acids is 1. The van der Waals surface area contributed by atoms with Crippen LogP contribution < -0.4 is 9.47 Å². The number of methoxy groups -OCH3 is 1. The van der Waals surface area contributed by atoms with Crippen molar-refractivity contribution in [1.29, 1.82) is 0 Å². The lowest BCUT2D eigenvalue weighted by Gasteiger charge is -2.42. The fraction of sp³-hybridized carbons (Fsp3) is 0.133. The molecule has 178 valence electrons. The number of benzene rings is 4. The van der Waals surface area contributed by atoms with Gasteiger partial charge in [0.1, 0.15) is 11.5 Å². The van der Waals surface area contributed by atoms with Crippen molar-refractivity contribution in [3.8, 4) is 11.5 Å². The molecule has 2 heterocycles. The predicted octanol–water partition coefficient (Wildman–Crippen LogP) is 6.62. The van der Waals surface area contributed by atoms with Gasteiger partial charge in [-0.1, -0.05) is 83.5 Å². The van der Waals surface area contributed by atoms with Crippen molar-refractivity contribution in [2.24, 2.45) is 5.16 Å². The Hall–Kier alpha value is -4.09. The summed E-state index contributed by atoms with van der Waals surface area (Å²) < 4.78 is 11.9. The quantitative estimate of drug-likeness (QED) is 0.319. The van der Waals surface area contributed by atoms with E-state index in [1.807, 2.05) is 84.9 Å². The van der Waals surface area contributed by atoms with Crippen LogP contribution in [0.5, 0.6) is 11.5 Å². The molecule has 5 nitrogen and oxygen atoms in total. The molecule has 2 aliphatic heterocycles. The van der Waals surface area contributed by atoms with Gasteiger partial charge in [0.25, 0.3) is 5.60 Å². The number of rotatable bonds is 4. The van der Waals surface area contributed by atoms with Crippen molar-refractivity contribution in [2.45, 2.75) is 17.6 Å². The minimum Gasteiger partial charge on any atom is -0.497 e. The normalized spacial score (nSPS) is 22.4. The number of Topliss-reactive ketones (excluding diaryl/α,β-unsaturated/α-hetero) is 1. The summed E-state index contributed by atoms with van der Waals surface area (Å²) in [7, 11) is 1.62. The zero-order valence-electron chi connectivity index (χ0n) is 19.4. The topological polar surface area (TPSA) is 57.1 Å². The Morgan fingerprint density at radius 3 is 2.25 bits per heavy atom. The number of carbonyl (C=O) groups is 1. The van der Waals surface area contributed by atoms with Crippen molar-refractivity contribution in [1.82, 2.24) is 0 Å². The van der Waals surface area contributed by atoms with Gasteiger partial charge in [0.15, 0.2) is 6.10 Å². The van der Waals surface area contributed by atoms with E-state index in [-0.39, 0.29) is 5.78 Å². The summed E-state index contributed by atoms with van der Waals surface area (Å²) in [4.78, 5) is 20.7. The van der Waals surface area contributed by atoms with Crippen molar-refractivity contribution in [2.75, 3.05) is 7.11 Å². The van der Waals surface area contributed by atoms with Gasteiger partial charge in [0.05, 0.1) is 24.3 Å². The molecule has 0 fully saturated rings. The monoisotopic (exact) mass is 495 g/mol. The molecule has 0 amide bonds. The number of para-hydroxylation sites is 1.